The second-order valence-corrected chi connectivity index (χ2v) is 4.86. The lowest BCUT2D eigenvalue weighted by Gasteiger charge is -2.20. The number of amides is 1. The van der Waals surface area contributed by atoms with Crippen LogP contribution >= 0.6 is 11.6 Å². The third-order valence-corrected chi connectivity index (χ3v) is 3.38. The molecule has 0 aliphatic heterocycles. The van der Waals surface area contributed by atoms with Crippen molar-refractivity contribution in [1.29, 1.82) is 0 Å². The summed E-state index contributed by atoms with van der Waals surface area (Å²) in [4.78, 5) is 21.7. The first-order valence-electron chi connectivity index (χ1n) is 5.49. The molecule has 0 heterocycles. The van der Waals surface area contributed by atoms with Gasteiger partial charge in [-0.1, -0.05) is 11.6 Å². The lowest BCUT2D eigenvalue weighted by molar-refractivity contribution is -0.384. The predicted octanol–water partition coefficient (Wildman–Crippen LogP) is 3.07. The molecule has 0 unspecified atom stereocenters. The summed E-state index contributed by atoms with van der Waals surface area (Å²) in [6.07, 6.45) is -4.99. The van der Waals surface area contributed by atoms with Gasteiger partial charge in [0, 0.05) is 12.1 Å². The van der Waals surface area contributed by atoms with E-state index in [1.54, 1.807) is 0 Å². The van der Waals surface area contributed by atoms with Crippen LogP contribution in [0.4, 0.5) is 18.9 Å². The minimum Gasteiger partial charge on any atom is -0.338 e. The lowest BCUT2D eigenvalue weighted by Crippen LogP contribution is -2.47. The molecule has 20 heavy (non-hydrogen) atoms. The number of nitrogens with one attached hydrogen (secondary N) is 1. The van der Waals surface area contributed by atoms with Crippen LogP contribution in [-0.2, 0) is 0 Å². The highest BCUT2D eigenvalue weighted by atomic mass is 35.5. The van der Waals surface area contributed by atoms with Gasteiger partial charge in [0.15, 0.2) is 0 Å². The van der Waals surface area contributed by atoms with Gasteiger partial charge >= 0.3 is 6.18 Å². The van der Waals surface area contributed by atoms with Crippen LogP contribution in [0.2, 0.25) is 5.02 Å². The third-order valence-electron chi connectivity index (χ3n) is 3.05. The van der Waals surface area contributed by atoms with Gasteiger partial charge in [-0.2, -0.15) is 13.2 Å². The van der Waals surface area contributed by atoms with Gasteiger partial charge in [0.05, 0.1) is 15.5 Å². The van der Waals surface area contributed by atoms with Gasteiger partial charge in [-0.3, -0.25) is 14.9 Å². The van der Waals surface area contributed by atoms with Gasteiger partial charge < -0.3 is 5.32 Å². The van der Waals surface area contributed by atoms with Crippen molar-refractivity contribution >= 4 is 23.2 Å². The monoisotopic (exact) mass is 308 g/mol. The summed E-state index contributed by atoms with van der Waals surface area (Å²) in [5.74, 6) is -1.08. The quantitative estimate of drug-likeness (QED) is 0.689. The molecule has 1 aromatic carbocycles. The molecule has 1 fully saturated rings. The summed E-state index contributed by atoms with van der Waals surface area (Å²) in [7, 11) is 0. The van der Waals surface area contributed by atoms with E-state index in [0.717, 1.165) is 18.2 Å². The number of alkyl halides is 3. The predicted molar refractivity (Wildman–Crippen MR) is 63.6 cm³/mol. The molecule has 1 aromatic rings. The maximum absolute atomic E-state index is 12.7. The minimum atomic E-state index is -4.56. The van der Waals surface area contributed by atoms with E-state index in [1.165, 1.54) is 0 Å². The number of nitro benzene ring substituents is 1. The van der Waals surface area contributed by atoms with Crippen molar-refractivity contribution in [3.05, 3.63) is 38.9 Å². The maximum Gasteiger partial charge on any atom is 0.411 e. The Labute approximate surface area is 115 Å². The Bertz CT molecular complexity index is 585. The van der Waals surface area contributed by atoms with Crippen molar-refractivity contribution in [2.75, 3.05) is 0 Å². The Balaban J connectivity index is 2.26. The zero-order valence-corrected chi connectivity index (χ0v) is 10.6. The van der Waals surface area contributed by atoms with Crippen LogP contribution in [0.1, 0.15) is 23.2 Å². The molecule has 5 nitrogen and oxygen atoms in total. The molecule has 1 aliphatic carbocycles. The molecular formula is C11H8ClF3N2O3. The van der Waals surface area contributed by atoms with E-state index < -0.39 is 28.2 Å². The van der Waals surface area contributed by atoms with Crippen molar-refractivity contribution in [1.82, 2.24) is 5.32 Å². The molecule has 0 aromatic heterocycles. The molecule has 9 heteroatoms. The molecule has 1 saturated carbocycles. The fourth-order valence-corrected chi connectivity index (χ4v) is 1.89. The van der Waals surface area contributed by atoms with E-state index in [2.05, 4.69) is 0 Å². The number of benzene rings is 1. The molecule has 1 amide bonds. The van der Waals surface area contributed by atoms with Crippen LogP contribution < -0.4 is 5.32 Å². The summed E-state index contributed by atoms with van der Waals surface area (Å²) < 4.78 is 38.2. The Hall–Kier alpha value is -1.83. The Kier molecular flexibility index (Phi) is 3.37. The second-order valence-electron chi connectivity index (χ2n) is 4.46. The fraction of sp³-hybridized carbons (Fsp3) is 0.364. The lowest BCUT2D eigenvalue weighted by atomic mass is 10.1. The molecule has 108 valence electrons. The van der Waals surface area contributed by atoms with Gasteiger partial charge in [-0.15, -0.1) is 0 Å². The third kappa shape index (κ3) is 2.55. The zero-order valence-electron chi connectivity index (χ0n) is 9.83. The van der Waals surface area contributed by atoms with E-state index >= 15 is 0 Å². The second kappa shape index (κ2) is 4.62. The van der Waals surface area contributed by atoms with Crippen molar-refractivity contribution in [3.8, 4) is 0 Å². The average Bonchev–Trinajstić information content (AvgIpc) is 3.09. The van der Waals surface area contributed by atoms with Gasteiger partial charge in [0.2, 0.25) is 0 Å². The van der Waals surface area contributed by atoms with Crippen LogP contribution in [-0.4, -0.2) is 22.5 Å². The molecule has 0 radical (unpaired) electrons. The van der Waals surface area contributed by atoms with Crippen LogP contribution in [0.15, 0.2) is 18.2 Å². The van der Waals surface area contributed by atoms with Crippen LogP contribution in [0.25, 0.3) is 0 Å². The summed E-state index contributed by atoms with van der Waals surface area (Å²) in [5, 5.41) is 12.3. The highest BCUT2D eigenvalue weighted by molar-refractivity contribution is 6.34. The van der Waals surface area contributed by atoms with Gasteiger partial charge in [0.25, 0.3) is 11.6 Å². The van der Waals surface area contributed by atoms with Crippen LogP contribution in [0, 0.1) is 10.1 Å². The van der Waals surface area contributed by atoms with E-state index in [0.29, 0.717) is 0 Å². The molecule has 0 bridgehead atoms. The van der Waals surface area contributed by atoms with Crippen molar-refractivity contribution < 1.29 is 22.9 Å². The van der Waals surface area contributed by atoms with Crippen molar-refractivity contribution in [2.45, 2.75) is 24.6 Å². The number of rotatable bonds is 3. The maximum atomic E-state index is 12.7. The number of carbonyl (C=O) groups excluding carboxylic acids is 1. The van der Waals surface area contributed by atoms with E-state index in [4.69, 9.17) is 11.6 Å². The number of halogens is 4. The highest BCUT2D eigenvalue weighted by Gasteiger charge is 2.64. The summed E-state index contributed by atoms with van der Waals surface area (Å²) >= 11 is 5.69. The van der Waals surface area contributed by atoms with Gasteiger partial charge in [-0.25, -0.2) is 0 Å². The molecule has 0 saturated heterocycles. The van der Waals surface area contributed by atoms with Crippen LogP contribution in [0.3, 0.4) is 0 Å². The smallest absolute Gasteiger partial charge is 0.338 e. The number of nitro groups is 1. The number of non-ortho nitro benzene ring substituents is 1. The first kappa shape index (κ1) is 14.6. The first-order chi connectivity index (χ1) is 9.16. The summed E-state index contributed by atoms with van der Waals surface area (Å²) in [6, 6.07) is 3.02. The normalized spacial score (nSPS) is 16.6. The summed E-state index contributed by atoms with van der Waals surface area (Å²) in [6.45, 7) is 0. The zero-order chi connectivity index (χ0) is 15.1. The molecule has 1 N–H and O–H groups in total. The Morgan fingerprint density at radius 1 is 1.40 bits per heavy atom. The topological polar surface area (TPSA) is 72.2 Å². The van der Waals surface area contributed by atoms with Gasteiger partial charge in [-0.05, 0) is 18.9 Å². The molecule has 0 atom stereocenters. The van der Waals surface area contributed by atoms with Crippen molar-refractivity contribution in [3.63, 3.8) is 0 Å². The molecule has 2 rings (SSSR count). The molecule has 0 spiro atoms. The first-order valence-corrected chi connectivity index (χ1v) is 5.87. The largest absolute Gasteiger partial charge is 0.411 e. The SMILES string of the molecule is O=C(NC1(C(F)(F)F)CC1)c1cc([N+](=O)[O-])ccc1Cl. The Morgan fingerprint density at radius 3 is 2.45 bits per heavy atom. The summed E-state index contributed by atoms with van der Waals surface area (Å²) in [5.41, 5.74) is -3.01. The number of nitrogens with zero attached hydrogens (tertiary/aromatic N) is 1. The number of carbonyl (C=O) groups is 1. The fourth-order valence-electron chi connectivity index (χ4n) is 1.69. The van der Waals surface area contributed by atoms with E-state index in [-0.39, 0.29) is 23.4 Å². The highest BCUT2D eigenvalue weighted by Crippen LogP contribution is 2.49. The van der Waals surface area contributed by atoms with Gasteiger partial charge in [0.1, 0.15) is 5.54 Å². The van der Waals surface area contributed by atoms with E-state index in [9.17, 15) is 28.1 Å². The Morgan fingerprint density at radius 2 is 2.00 bits per heavy atom. The minimum absolute atomic E-state index is 0.147. The van der Waals surface area contributed by atoms with E-state index in [1.807, 2.05) is 5.32 Å². The molecular weight excluding hydrogens is 301 g/mol. The average molecular weight is 309 g/mol. The standard InChI is InChI=1S/C11H8ClF3N2O3/c12-8-2-1-6(17(19)20)5-7(8)9(18)16-10(3-4-10)11(13,14)15/h1-2,5H,3-4H2,(H,16,18). The number of hydrogen-bond acceptors (Lipinski definition) is 3. The number of hydrogen-bond donors (Lipinski definition) is 1. The van der Waals surface area contributed by atoms with Crippen molar-refractivity contribution in [2.24, 2.45) is 0 Å². The molecule has 1 aliphatic rings. The van der Waals surface area contributed by atoms with Crippen LogP contribution in [0.5, 0.6) is 0 Å².